The summed E-state index contributed by atoms with van der Waals surface area (Å²) in [7, 11) is 3.33. The zero-order chi connectivity index (χ0) is 20.2. The van der Waals surface area contributed by atoms with E-state index in [4.69, 9.17) is 9.47 Å². The topological polar surface area (TPSA) is 63.5 Å². The maximum atomic E-state index is 12.4. The summed E-state index contributed by atoms with van der Waals surface area (Å²) in [5, 5.41) is 10.3. The monoisotopic (exact) mass is 405 g/mol. The van der Waals surface area contributed by atoms with Crippen LogP contribution in [0, 0.1) is 0 Å². The Balaban J connectivity index is 1.51. The Morgan fingerprint density at radius 2 is 1.97 bits per heavy atom. The van der Waals surface area contributed by atoms with Crippen molar-refractivity contribution in [2.45, 2.75) is 6.61 Å². The molecular formula is C22H19N3O3S. The van der Waals surface area contributed by atoms with Crippen LogP contribution in [0.5, 0.6) is 11.5 Å². The van der Waals surface area contributed by atoms with Gasteiger partial charge in [0.15, 0.2) is 17.2 Å². The number of para-hydroxylation sites is 1. The van der Waals surface area contributed by atoms with Crippen LogP contribution >= 0.6 is 11.3 Å². The van der Waals surface area contributed by atoms with Gasteiger partial charge in [-0.3, -0.25) is 4.79 Å². The molecule has 0 radical (unpaired) electrons. The highest BCUT2D eigenvalue weighted by molar-refractivity contribution is 7.09. The molecule has 3 aromatic rings. The van der Waals surface area contributed by atoms with Crippen molar-refractivity contribution in [1.29, 1.82) is 0 Å². The molecule has 4 rings (SSSR count). The Morgan fingerprint density at radius 1 is 1.10 bits per heavy atom. The molecule has 0 spiro atoms. The molecule has 1 aromatic heterocycles. The van der Waals surface area contributed by atoms with Crippen LogP contribution in [0.3, 0.4) is 0 Å². The van der Waals surface area contributed by atoms with Crippen LogP contribution in [0.1, 0.15) is 16.0 Å². The summed E-state index contributed by atoms with van der Waals surface area (Å²) in [6.45, 7) is 0.490. The number of carbonyl (C=O) groups is 1. The van der Waals surface area contributed by atoms with E-state index in [9.17, 15) is 4.79 Å². The van der Waals surface area contributed by atoms with E-state index >= 15 is 0 Å². The van der Waals surface area contributed by atoms with Crippen LogP contribution in [-0.2, 0) is 11.4 Å². The maximum absolute atomic E-state index is 12.4. The number of anilines is 1. The number of hydrogen-bond acceptors (Lipinski definition) is 6. The molecule has 1 aliphatic rings. The first kappa shape index (κ1) is 18.9. The molecule has 0 bridgehead atoms. The van der Waals surface area contributed by atoms with Gasteiger partial charge in [0.25, 0.3) is 5.91 Å². The number of hydrogen-bond donors (Lipinski definition) is 0. The number of rotatable bonds is 6. The number of likely N-dealkylation sites (N-methyl/N-ethyl adjacent to an activating group) is 1. The minimum Gasteiger partial charge on any atom is -0.493 e. The standard InChI is InChI=1S/C22H19N3O3S/c1-25-18-8-4-3-7-17(18)21(22(25)26)24-23-13-15-9-10-19(20(12-15)27-2)28-14-16-6-5-11-29-16/h3-13H,14H2,1-2H3/b23-13-,24-21-. The lowest BCUT2D eigenvalue weighted by Gasteiger charge is -2.10. The van der Waals surface area contributed by atoms with Gasteiger partial charge in [-0.15, -0.1) is 16.4 Å². The molecule has 1 amide bonds. The van der Waals surface area contributed by atoms with Crippen LogP contribution in [-0.4, -0.2) is 32.0 Å². The van der Waals surface area contributed by atoms with E-state index in [1.807, 2.05) is 60.0 Å². The molecule has 0 fully saturated rings. The minimum absolute atomic E-state index is 0.168. The van der Waals surface area contributed by atoms with Gasteiger partial charge in [0.1, 0.15) is 6.61 Å². The van der Waals surface area contributed by atoms with Gasteiger partial charge in [0.2, 0.25) is 0 Å². The Hall–Kier alpha value is -3.45. The van der Waals surface area contributed by atoms with Crippen molar-refractivity contribution in [2.24, 2.45) is 10.2 Å². The van der Waals surface area contributed by atoms with Crippen molar-refractivity contribution >= 4 is 34.9 Å². The largest absolute Gasteiger partial charge is 0.493 e. The Bertz CT molecular complexity index is 1090. The first-order chi connectivity index (χ1) is 14.2. The molecule has 0 saturated heterocycles. The highest BCUT2D eigenvalue weighted by Gasteiger charge is 2.30. The van der Waals surface area contributed by atoms with Gasteiger partial charge >= 0.3 is 0 Å². The molecule has 0 saturated carbocycles. The minimum atomic E-state index is -0.168. The SMILES string of the molecule is COc1cc(/C=N\N=C2/C(=O)N(C)c3ccccc32)ccc1OCc1cccs1. The number of fused-ring (bicyclic) bond motifs is 1. The molecule has 6 nitrogen and oxygen atoms in total. The lowest BCUT2D eigenvalue weighted by Crippen LogP contribution is -2.25. The number of methoxy groups -OCH3 is 1. The van der Waals surface area contributed by atoms with Crippen molar-refractivity contribution < 1.29 is 14.3 Å². The van der Waals surface area contributed by atoms with Crippen LogP contribution < -0.4 is 14.4 Å². The Kier molecular flexibility index (Phi) is 5.39. The molecule has 0 aliphatic carbocycles. The lowest BCUT2D eigenvalue weighted by atomic mass is 10.1. The quantitative estimate of drug-likeness (QED) is 0.457. The Morgan fingerprint density at radius 3 is 2.76 bits per heavy atom. The van der Waals surface area contributed by atoms with Crippen molar-refractivity contribution in [3.63, 3.8) is 0 Å². The fourth-order valence-electron chi connectivity index (χ4n) is 3.03. The Labute approximate surface area is 172 Å². The van der Waals surface area contributed by atoms with Crippen LogP contribution in [0.2, 0.25) is 0 Å². The first-order valence-corrected chi connectivity index (χ1v) is 9.87. The molecular weight excluding hydrogens is 386 g/mol. The summed E-state index contributed by atoms with van der Waals surface area (Å²) in [5.74, 6) is 1.10. The zero-order valence-corrected chi connectivity index (χ0v) is 16.8. The smallest absolute Gasteiger partial charge is 0.279 e. The van der Waals surface area contributed by atoms with Crippen molar-refractivity contribution in [2.75, 3.05) is 19.1 Å². The lowest BCUT2D eigenvalue weighted by molar-refractivity contribution is -0.111. The van der Waals surface area contributed by atoms with Gasteiger partial charge in [0, 0.05) is 17.5 Å². The molecule has 146 valence electrons. The van der Waals surface area contributed by atoms with E-state index in [-0.39, 0.29) is 5.91 Å². The third-order valence-corrected chi connectivity index (χ3v) is 5.38. The van der Waals surface area contributed by atoms with E-state index in [0.29, 0.717) is 23.8 Å². The third-order valence-electron chi connectivity index (χ3n) is 4.53. The number of nitrogens with zero attached hydrogens (tertiary/aromatic N) is 3. The molecule has 7 heteroatoms. The zero-order valence-electron chi connectivity index (χ0n) is 16.0. The average Bonchev–Trinajstić information content (AvgIpc) is 3.35. The van der Waals surface area contributed by atoms with E-state index in [1.54, 1.807) is 36.6 Å². The average molecular weight is 405 g/mol. The third kappa shape index (κ3) is 3.90. The van der Waals surface area contributed by atoms with Crippen molar-refractivity contribution in [1.82, 2.24) is 0 Å². The number of ether oxygens (including phenoxy) is 2. The van der Waals surface area contributed by atoms with E-state index in [1.165, 1.54) is 0 Å². The fraction of sp³-hybridized carbons (Fsp3) is 0.136. The van der Waals surface area contributed by atoms with Gasteiger partial charge in [-0.05, 0) is 41.3 Å². The predicted octanol–water partition coefficient (Wildman–Crippen LogP) is 4.14. The molecule has 2 aromatic carbocycles. The van der Waals surface area contributed by atoms with Crippen LogP contribution in [0.25, 0.3) is 0 Å². The number of thiophene rings is 1. The highest BCUT2D eigenvalue weighted by Crippen LogP contribution is 2.29. The van der Waals surface area contributed by atoms with Crippen LogP contribution in [0.15, 0.2) is 70.2 Å². The van der Waals surface area contributed by atoms with Gasteiger partial charge < -0.3 is 14.4 Å². The second-order valence-electron chi connectivity index (χ2n) is 6.35. The molecule has 0 N–H and O–H groups in total. The fourth-order valence-corrected chi connectivity index (χ4v) is 3.64. The summed E-state index contributed by atoms with van der Waals surface area (Å²) in [6, 6.07) is 17.1. The number of benzene rings is 2. The van der Waals surface area contributed by atoms with Gasteiger partial charge in [-0.2, -0.15) is 5.10 Å². The maximum Gasteiger partial charge on any atom is 0.279 e. The summed E-state index contributed by atoms with van der Waals surface area (Å²) in [6.07, 6.45) is 1.59. The van der Waals surface area contributed by atoms with E-state index in [0.717, 1.165) is 21.7 Å². The first-order valence-electron chi connectivity index (χ1n) is 8.99. The van der Waals surface area contributed by atoms with Crippen molar-refractivity contribution in [3.05, 3.63) is 76.0 Å². The number of amides is 1. The second kappa shape index (κ2) is 8.28. The van der Waals surface area contributed by atoms with Crippen molar-refractivity contribution in [3.8, 4) is 11.5 Å². The van der Waals surface area contributed by atoms with Gasteiger partial charge in [-0.1, -0.05) is 24.3 Å². The normalized spacial score (nSPS) is 14.6. The molecule has 2 heterocycles. The molecule has 1 aliphatic heterocycles. The van der Waals surface area contributed by atoms with E-state index < -0.39 is 0 Å². The van der Waals surface area contributed by atoms with Gasteiger partial charge in [-0.25, -0.2) is 0 Å². The summed E-state index contributed by atoms with van der Waals surface area (Å²) < 4.78 is 11.3. The second-order valence-corrected chi connectivity index (χ2v) is 7.39. The van der Waals surface area contributed by atoms with E-state index in [2.05, 4.69) is 10.2 Å². The van der Waals surface area contributed by atoms with Crippen LogP contribution in [0.4, 0.5) is 5.69 Å². The number of carbonyl (C=O) groups excluding carboxylic acids is 1. The summed E-state index contributed by atoms with van der Waals surface area (Å²) in [5.41, 5.74) is 2.75. The molecule has 29 heavy (non-hydrogen) atoms. The molecule has 0 unspecified atom stereocenters. The summed E-state index contributed by atoms with van der Waals surface area (Å²) in [4.78, 5) is 15.1. The summed E-state index contributed by atoms with van der Waals surface area (Å²) >= 11 is 1.64. The molecule has 0 atom stereocenters. The van der Waals surface area contributed by atoms with Gasteiger partial charge in [0.05, 0.1) is 19.0 Å². The predicted molar refractivity (Wildman–Crippen MR) is 116 cm³/mol. The highest BCUT2D eigenvalue weighted by atomic mass is 32.1.